The van der Waals surface area contributed by atoms with Crippen molar-refractivity contribution in [3.63, 3.8) is 0 Å². The van der Waals surface area contributed by atoms with E-state index in [0.717, 1.165) is 5.69 Å². The summed E-state index contributed by atoms with van der Waals surface area (Å²) in [5.41, 5.74) is 8.23. The van der Waals surface area contributed by atoms with Crippen LogP contribution in [-0.2, 0) is 6.42 Å². The van der Waals surface area contributed by atoms with E-state index in [9.17, 15) is 14.9 Å². The molecule has 0 aliphatic rings. The van der Waals surface area contributed by atoms with E-state index in [0.29, 0.717) is 13.0 Å². The van der Waals surface area contributed by atoms with Gasteiger partial charge in [-0.2, -0.15) is 0 Å². The average Bonchev–Trinajstić information content (AvgIpc) is 2.91. The van der Waals surface area contributed by atoms with Crippen LogP contribution in [0.4, 0.5) is 11.4 Å². The molecule has 1 aromatic carbocycles. The molecule has 0 aliphatic carbocycles. The molecule has 8 heteroatoms. The number of aromatic nitrogens is 1. The van der Waals surface area contributed by atoms with Gasteiger partial charge in [-0.05, 0) is 12.1 Å². The normalized spacial score (nSPS) is 10.2. The molecule has 0 bridgehead atoms. The second kappa shape index (κ2) is 6.11. The fraction of sp³-hybridized carbons (Fsp3) is 0.167. The number of nitrogens with zero attached hydrogens (tertiary/aromatic N) is 2. The van der Waals surface area contributed by atoms with Crippen LogP contribution in [0.15, 0.2) is 29.1 Å². The number of benzene rings is 1. The first kappa shape index (κ1) is 13.9. The van der Waals surface area contributed by atoms with Crippen LogP contribution in [0.25, 0.3) is 0 Å². The fourth-order valence-corrected chi connectivity index (χ4v) is 2.27. The highest BCUT2D eigenvalue weighted by atomic mass is 32.1. The smallest absolute Gasteiger partial charge is 0.292 e. The Bertz CT molecular complexity index is 628. The third kappa shape index (κ3) is 3.29. The molecule has 1 aromatic heterocycles. The molecule has 0 unspecified atom stereocenters. The van der Waals surface area contributed by atoms with Gasteiger partial charge in [0.1, 0.15) is 5.69 Å². The second-order valence-electron chi connectivity index (χ2n) is 4.01. The van der Waals surface area contributed by atoms with Gasteiger partial charge in [0.15, 0.2) is 0 Å². The molecule has 2 aromatic rings. The van der Waals surface area contributed by atoms with Gasteiger partial charge < -0.3 is 11.1 Å². The predicted molar refractivity (Wildman–Crippen MR) is 75.9 cm³/mol. The zero-order valence-electron chi connectivity index (χ0n) is 10.4. The minimum Gasteiger partial charge on any atom is -0.379 e. The molecule has 20 heavy (non-hydrogen) atoms. The fourth-order valence-electron chi connectivity index (χ4n) is 1.68. The molecule has 3 N–H and O–H groups in total. The van der Waals surface area contributed by atoms with E-state index in [-0.39, 0.29) is 16.9 Å². The monoisotopic (exact) mass is 292 g/mol. The van der Waals surface area contributed by atoms with Crippen molar-refractivity contribution in [1.82, 2.24) is 4.98 Å². The number of hydrogen-bond donors (Lipinski definition) is 2. The Kier molecular flexibility index (Phi) is 4.26. The van der Waals surface area contributed by atoms with Crippen molar-refractivity contribution in [3.8, 4) is 0 Å². The van der Waals surface area contributed by atoms with E-state index in [1.54, 1.807) is 5.51 Å². The Morgan fingerprint density at radius 1 is 1.50 bits per heavy atom. The van der Waals surface area contributed by atoms with Gasteiger partial charge in [0.25, 0.3) is 5.69 Å². The molecular weight excluding hydrogens is 280 g/mol. The van der Waals surface area contributed by atoms with Crippen LogP contribution in [-0.4, -0.2) is 22.4 Å². The lowest BCUT2D eigenvalue weighted by Crippen LogP contribution is -2.13. The lowest BCUT2D eigenvalue weighted by molar-refractivity contribution is -0.384. The summed E-state index contributed by atoms with van der Waals surface area (Å²) in [7, 11) is 0. The van der Waals surface area contributed by atoms with E-state index in [4.69, 9.17) is 5.73 Å². The molecule has 0 atom stereocenters. The molecule has 7 nitrogen and oxygen atoms in total. The third-order valence-corrected chi connectivity index (χ3v) is 3.29. The Morgan fingerprint density at radius 2 is 2.30 bits per heavy atom. The number of hydrogen-bond acceptors (Lipinski definition) is 6. The SMILES string of the molecule is NC(=O)c1ccc([N+](=O)[O-])c(NCCc2cscn2)c1. The maximum atomic E-state index is 11.1. The molecule has 1 heterocycles. The van der Waals surface area contributed by atoms with Crippen molar-refractivity contribution in [2.24, 2.45) is 5.73 Å². The van der Waals surface area contributed by atoms with E-state index < -0.39 is 10.8 Å². The summed E-state index contributed by atoms with van der Waals surface area (Å²) in [4.78, 5) is 25.7. The molecule has 0 spiro atoms. The molecule has 2 rings (SSSR count). The number of carbonyl (C=O) groups excluding carboxylic acids is 1. The number of thiazole rings is 1. The summed E-state index contributed by atoms with van der Waals surface area (Å²) < 4.78 is 0. The van der Waals surface area contributed by atoms with Crippen molar-refractivity contribution in [1.29, 1.82) is 0 Å². The third-order valence-electron chi connectivity index (χ3n) is 2.66. The van der Waals surface area contributed by atoms with Gasteiger partial charge in [0.05, 0.1) is 16.1 Å². The molecular formula is C12H12N4O3S. The van der Waals surface area contributed by atoms with E-state index >= 15 is 0 Å². The largest absolute Gasteiger partial charge is 0.379 e. The number of primary amides is 1. The average molecular weight is 292 g/mol. The number of nitro groups is 1. The first-order valence-electron chi connectivity index (χ1n) is 5.77. The van der Waals surface area contributed by atoms with Crippen molar-refractivity contribution in [2.45, 2.75) is 6.42 Å². The van der Waals surface area contributed by atoms with Gasteiger partial charge in [-0.25, -0.2) is 4.98 Å². The van der Waals surface area contributed by atoms with Crippen LogP contribution in [0.5, 0.6) is 0 Å². The molecule has 0 saturated carbocycles. The summed E-state index contributed by atoms with van der Waals surface area (Å²) >= 11 is 1.49. The van der Waals surface area contributed by atoms with E-state index in [1.807, 2.05) is 5.38 Å². The zero-order chi connectivity index (χ0) is 14.5. The number of nitro benzene ring substituents is 1. The Hall–Kier alpha value is -2.48. The maximum absolute atomic E-state index is 11.1. The van der Waals surface area contributed by atoms with Gasteiger partial charge >= 0.3 is 0 Å². The lowest BCUT2D eigenvalue weighted by Gasteiger charge is -2.07. The summed E-state index contributed by atoms with van der Waals surface area (Å²) in [6.45, 7) is 0.479. The Morgan fingerprint density at radius 3 is 2.90 bits per heavy atom. The highest BCUT2D eigenvalue weighted by Gasteiger charge is 2.15. The first-order chi connectivity index (χ1) is 9.58. The molecule has 104 valence electrons. The number of anilines is 1. The summed E-state index contributed by atoms with van der Waals surface area (Å²) in [5, 5.41) is 15.8. The highest BCUT2D eigenvalue weighted by molar-refractivity contribution is 7.07. The quantitative estimate of drug-likeness (QED) is 0.623. The predicted octanol–water partition coefficient (Wildman–Crippen LogP) is 1.80. The van der Waals surface area contributed by atoms with E-state index in [1.165, 1.54) is 29.5 Å². The molecule has 1 amide bonds. The highest BCUT2D eigenvalue weighted by Crippen LogP contribution is 2.25. The standard InChI is InChI=1S/C12H12N4O3S/c13-12(17)8-1-2-11(16(18)19)10(5-8)14-4-3-9-6-20-7-15-9/h1-2,5-7,14H,3-4H2,(H2,13,17). The van der Waals surface area contributed by atoms with Crippen LogP contribution in [0.2, 0.25) is 0 Å². The molecule has 0 saturated heterocycles. The van der Waals surface area contributed by atoms with Gasteiger partial charge in [-0.3, -0.25) is 14.9 Å². The second-order valence-corrected chi connectivity index (χ2v) is 4.73. The number of nitrogens with one attached hydrogen (secondary N) is 1. The van der Waals surface area contributed by atoms with Crippen LogP contribution in [0.3, 0.4) is 0 Å². The molecule has 0 fully saturated rings. The van der Waals surface area contributed by atoms with Gasteiger partial charge in [0, 0.05) is 30.0 Å². The first-order valence-corrected chi connectivity index (χ1v) is 6.71. The minimum atomic E-state index is -0.623. The lowest BCUT2D eigenvalue weighted by atomic mass is 10.1. The summed E-state index contributed by atoms with van der Waals surface area (Å²) in [6, 6.07) is 4.00. The van der Waals surface area contributed by atoms with Crippen molar-refractivity contribution in [3.05, 3.63) is 50.5 Å². The number of carbonyl (C=O) groups is 1. The topological polar surface area (TPSA) is 111 Å². The molecule has 0 aliphatic heterocycles. The number of rotatable bonds is 6. The van der Waals surface area contributed by atoms with E-state index in [2.05, 4.69) is 10.3 Å². The van der Waals surface area contributed by atoms with Crippen LogP contribution in [0, 0.1) is 10.1 Å². The Labute approximate surface area is 118 Å². The maximum Gasteiger partial charge on any atom is 0.292 e. The minimum absolute atomic E-state index is 0.0896. The van der Waals surface area contributed by atoms with Crippen LogP contribution >= 0.6 is 11.3 Å². The van der Waals surface area contributed by atoms with Crippen molar-refractivity contribution in [2.75, 3.05) is 11.9 Å². The number of nitrogens with two attached hydrogens (primary N) is 1. The Balaban J connectivity index is 2.13. The zero-order valence-corrected chi connectivity index (χ0v) is 11.2. The number of amides is 1. The van der Waals surface area contributed by atoms with Gasteiger partial charge in [-0.15, -0.1) is 11.3 Å². The molecule has 0 radical (unpaired) electrons. The van der Waals surface area contributed by atoms with Crippen LogP contribution < -0.4 is 11.1 Å². The van der Waals surface area contributed by atoms with Crippen LogP contribution in [0.1, 0.15) is 16.1 Å². The van der Waals surface area contributed by atoms with Gasteiger partial charge in [0.2, 0.25) is 5.91 Å². The summed E-state index contributed by atoms with van der Waals surface area (Å²) in [5.74, 6) is -0.623. The van der Waals surface area contributed by atoms with Crippen molar-refractivity contribution < 1.29 is 9.72 Å². The van der Waals surface area contributed by atoms with Gasteiger partial charge in [-0.1, -0.05) is 0 Å². The summed E-state index contributed by atoms with van der Waals surface area (Å²) in [6.07, 6.45) is 0.640. The van der Waals surface area contributed by atoms with Crippen molar-refractivity contribution >= 4 is 28.6 Å².